The van der Waals surface area contributed by atoms with Crippen LogP contribution in [0.3, 0.4) is 0 Å². The van der Waals surface area contributed by atoms with Gasteiger partial charge in [0.25, 0.3) is 11.8 Å². The van der Waals surface area contributed by atoms with Gasteiger partial charge in [0.1, 0.15) is 0 Å². The van der Waals surface area contributed by atoms with Crippen LogP contribution in [0, 0.1) is 6.92 Å². The highest BCUT2D eigenvalue weighted by atomic mass is 16.2. The number of pyridine rings is 1. The third kappa shape index (κ3) is 4.51. The molecule has 0 radical (unpaired) electrons. The minimum Gasteiger partial charge on any atom is -0.308 e. The van der Waals surface area contributed by atoms with Crippen molar-refractivity contribution in [3.63, 3.8) is 0 Å². The molecule has 2 amide bonds. The summed E-state index contributed by atoms with van der Waals surface area (Å²) in [6.45, 7) is 2.07. The van der Waals surface area contributed by atoms with Crippen molar-refractivity contribution in [3.8, 4) is 39.1 Å². The molecule has 1 aliphatic rings. The van der Waals surface area contributed by atoms with E-state index in [0.717, 1.165) is 60.8 Å². The molecule has 232 valence electrons. The van der Waals surface area contributed by atoms with Gasteiger partial charge < -0.3 is 4.57 Å². The van der Waals surface area contributed by atoms with Gasteiger partial charge in [0.2, 0.25) is 0 Å². The summed E-state index contributed by atoms with van der Waals surface area (Å²) in [5, 5.41) is 2.14. The van der Waals surface area contributed by atoms with Crippen LogP contribution in [0.15, 0.2) is 158 Å². The molecule has 0 aliphatic carbocycles. The van der Waals surface area contributed by atoms with E-state index >= 15 is 0 Å². The van der Waals surface area contributed by atoms with E-state index in [-0.39, 0.29) is 11.8 Å². The zero-order chi connectivity index (χ0) is 33.1. The maximum atomic E-state index is 14.7. The van der Waals surface area contributed by atoms with E-state index in [4.69, 9.17) is 0 Å². The van der Waals surface area contributed by atoms with Gasteiger partial charge in [-0.15, -0.1) is 0 Å². The minimum absolute atomic E-state index is 0.331. The van der Waals surface area contributed by atoms with E-state index < -0.39 is 0 Å². The molecule has 5 heteroatoms. The lowest BCUT2D eigenvalue weighted by Crippen LogP contribution is -2.30. The van der Waals surface area contributed by atoms with Crippen molar-refractivity contribution in [2.24, 2.45) is 0 Å². The maximum Gasteiger partial charge on any atom is 0.268 e. The zero-order valence-corrected chi connectivity index (χ0v) is 26.7. The Morgan fingerprint density at radius 3 is 2.00 bits per heavy atom. The van der Waals surface area contributed by atoms with Crippen LogP contribution >= 0.6 is 0 Å². The molecule has 0 fully saturated rings. The number of amides is 2. The van der Waals surface area contributed by atoms with Crippen LogP contribution in [0.1, 0.15) is 26.3 Å². The molecule has 49 heavy (non-hydrogen) atoms. The molecule has 0 saturated heterocycles. The average Bonchev–Trinajstić information content (AvgIpc) is 3.62. The smallest absolute Gasteiger partial charge is 0.268 e. The number of carbonyl (C=O) groups excluding carboxylic acids is 2. The van der Waals surface area contributed by atoms with Crippen LogP contribution in [-0.2, 0) is 0 Å². The molecule has 6 aromatic carbocycles. The summed E-state index contributed by atoms with van der Waals surface area (Å²) in [6.07, 6.45) is 3.69. The predicted molar refractivity (Wildman–Crippen MR) is 197 cm³/mol. The molecule has 0 bridgehead atoms. The van der Waals surface area contributed by atoms with Crippen LogP contribution in [0.5, 0.6) is 0 Å². The highest BCUT2D eigenvalue weighted by Gasteiger charge is 2.40. The van der Waals surface area contributed by atoms with Gasteiger partial charge in [0, 0.05) is 28.7 Å². The van der Waals surface area contributed by atoms with E-state index in [0.29, 0.717) is 22.5 Å². The second-order valence-corrected chi connectivity index (χ2v) is 12.4. The topological polar surface area (TPSA) is 55.2 Å². The summed E-state index contributed by atoms with van der Waals surface area (Å²) in [5.41, 5.74) is 11.1. The summed E-state index contributed by atoms with van der Waals surface area (Å²) in [5.74, 6) is -0.669. The van der Waals surface area contributed by atoms with Gasteiger partial charge in [0.05, 0.1) is 33.5 Å². The first-order chi connectivity index (χ1) is 24.1. The second-order valence-electron chi connectivity index (χ2n) is 12.4. The number of rotatable bonds is 5. The van der Waals surface area contributed by atoms with E-state index in [1.165, 1.54) is 4.90 Å². The fourth-order valence-corrected chi connectivity index (χ4v) is 7.26. The Labute approximate surface area is 283 Å². The number of anilines is 1. The largest absolute Gasteiger partial charge is 0.308 e. The van der Waals surface area contributed by atoms with Crippen LogP contribution in [-0.4, -0.2) is 21.4 Å². The van der Waals surface area contributed by atoms with Crippen molar-refractivity contribution in [2.45, 2.75) is 6.92 Å². The van der Waals surface area contributed by atoms with E-state index in [1.54, 1.807) is 6.07 Å². The van der Waals surface area contributed by atoms with Crippen molar-refractivity contribution >= 4 is 39.3 Å². The monoisotopic (exact) mass is 631 g/mol. The van der Waals surface area contributed by atoms with Gasteiger partial charge in [-0.05, 0) is 88.8 Å². The standard InChI is InChI=1S/C44H29N3O2/c1-28-27-45-24-23-33(28)32-20-22-40-37(26-32)34-15-8-9-17-38(34)46(40)41-18-10-16-35-42(41)44(49)47(43(35)48)39-21-19-31(29-11-4-2-5-12-29)25-36(39)30-13-6-3-7-14-30/h2-27H,1H3. The lowest BCUT2D eigenvalue weighted by Gasteiger charge is -2.20. The molecule has 3 heterocycles. The van der Waals surface area contributed by atoms with Gasteiger partial charge in [-0.3, -0.25) is 14.6 Å². The quantitative estimate of drug-likeness (QED) is 0.178. The molecule has 1 aliphatic heterocycles. The Hall–Kier alpha value is -6.59. The number of nitrogens with zero attached hydrogens (tertiary/aromatic N) is 3. The molecular formula is C44H29N3O2. The number of imide groups is 1. The van der Waals surface area contributed by atoms with Gasteiger partial charge in [0.15, 0.2) is 0 Å². The van der Waals surface area contributed by atoms with Gasteiger partial charge in [-0.25, -0.2) is 4.90 Å². The Balaban J connectivity index is 1.22. The molecule has 0 spiro atoms. The second kappa shape index (κ2) is 11.3. The number of carbonyl (C=O) groups is 2. The van der Waals surface area contributed by atoms with Crippen LogP contribution < -0.4 is 4.90 Å². The van der Waals surface area contributed by atoms with Crippen molar-refractivity contribution < 1.29 is 9.59 Å². The number of aromatic nitrogens is 2. The normalized spacial score (nSPS) is 12.6. The first-order valence-electron chi connectivity index (χ1n) is 16.3. The lowest BCUT2D eigenvalue weighted by molar-refractivity contribution is 0.0926. The third-order valence-electron chi connectivity index (χ3n) is 9.57. The van der Waals surface area contributed by atoms with Crippen molar-refractivity contribution in [3.05, 3.63) is 175 Å². The van der Waals surface area contributed by atoms with Crippen LogP contribution in [0.4, 0.5) is 5.69 Å². The van der Waals surface area contributed by atoms with Crippen molar-refractivity contribution in [1.82, 2.24) is 9.55 Å². The SMILES string of the molecule is Cc1cnccc1-c1ccc2c(c1)c1ccccc1n2-c1cccc2c1C(=O)N(c1ccc(-c3ccccc3)cc1-c1ccccc1)C2=O. The number of benzene rings is 6. The van der Waals surface area contributed by atoms with Crippen LogP contribution in [0.25, 0.3) is 60.9 Å². The summed E-state index contributed by atoms with van der Waals surface area (Å²) < 4.78 is 2.12. The molecule has 9 rings (SSSR count). The first-order valence-corrected chi connectivity index (χ1v) is 16.3. The van der Waals surface area contributed by atoms with E-state index in [1.807, 2.05) is 103 Å². The average molecular weight is 632 g/mol. The van der Waals surface area contributed by atoms with Gasteiger partial charge in [-0.1, -0.05) is 97.1 Å². The summed E-state index contributed by atoms with van der Waals surface area (Å²) in [6, 6.07) is 48.3. The number of fused-ring (bicyclic) bond motifs is 4. The number of aryl methyl sites for hydroxylation is 1. The zero-order valence-electron chi connectivity index (χ0n) is 26.7. The fourth-order valence-electron chi connectivity index (χ4n) is 7.26. The highest BCUT2D eigenvalue weighted by molar-refractivity contribution is 6.36. The molecular weight excluding hydrogens is 603 g/mol. The summed E-state index contributed by atoms with van der Waals surface area (Å²) >= 11 is 0. The Morgan fingerprint density at radius 1 is 0.490 bits per heavy atom. The number of para-hydroxylation sites is 1. The lowest BCUT2D eigenvalue weighted by atomic mass is 9.97. The summed E-state index contributed by atoms with van der Waals surface area (Å²) in [7, 11) is 0. The molecule has 8 aromatic rings. The number of hydrogen-bond donors (Lipinski definition) is 0. The predicted octanol–water partition coefficient (Wildman–Crippen LogP) is 10.3. The molecule has 5 nitrogen and oxygen atoms in total. The molecule has 0 atom stereocenters. The minimum atomic E-state index is -0.338. The summed E-state index contributed by atoms with van der Waals surface area (Å²) in [4.78, 5) is 34.6. The van der Waals surface area contributed by atoms with Crippen molar-refractivity contribution in [2.75, 3.05) is 4.90 Å². The van der Waals surface area contributed by atoms with E-state index in [9.17, 15) is 9.59 Å². The molecule has 0 unspecified atom stereocenters. The molecule has 0 N–H and O–H groups in total. The Kier molecular flexibility index (Phi) is 6.59. The van der Waals surface area contributed by atoms with Crippen molar-refractivity contribution in [1.29, 1.82) is 0 Å². The molecule has 0 saturated carbocycles. The van der Waals surface area contributed by atoms with E-state index in [2.05, 4.69) is 65.0 Å². The Bertz CT molecular complexity index is 2600. The first kappa shape index (κ1) is 28.6. The number of hydrogen-bond acceptors (Lipinski definition) is 3. The maximum absolute atomic E-state index is 14.7. The van der Waals surface area contributed by atoms with Gasteiger partial charge in [-0.2, -0.15) is 0 Å². The fraction of sp³-hybridized carbons (Fsp3) is 0.0227. The third-order valence-corrected chi connectivity index (χ3v) is 9.57. The van der Waals surface area contributed by atoms with Crippen LogP contribution in [0.2, 0.25) is 0 Å². The molecule has 2 aromatic heterocycles. The Morgan fingerprint density at radius 2 is 1.20 bits per heavy atom. The van der Waals surface area contributed by atoms with Gasteiger partial charge >= 0.3 is 0 Å². The highest BCUT2D eigenvalue weighted by Crippen LogP contribution is 2.42.